The van der Waals surface area contributed by atoms with Crippen LogP contribution in [0, 0.1) is 11.6 Å². The van der Waals surface area contributed by atoms with Crippen molar-refractivity contribution in [2.24, 2.45) is 0 Å². The molecule has 2 aromatic rings. The number of esters is 1. The Hall–Kier alpha value is -3.16. The van der Waals surface area contributed by atoms with Gasteiger partial charge < -0.3 is 19.5 Å². The van der Waals surface area contributed by atoms with Gasteiger partial charge in [-0.2, -0.15) is 0 Å². The van der Waals surface area contributed by atoms with E-state index in [4.69, 9.17) is 14.2 Å². The number of nitrogens with one attached hydrogen (secondary N) is 1. The molecule has 0 spiro atoms. The van der Waals surface area contributed by atoms with Gasteiger partial charge in [-0.05, 0) is 44.2 Å². The number of ether oxygens (including phenoxy) is 3. The highest BCUT2D eigenvalue weighted by Crippen LogP contribution is 2.28. The molecule has 0 saturated heterocycles. The van der Waals surface area contributed by atoms with Crippen molar-refractivity contribution in [3.63, 3.8) is 0 Å². The Balaban J connectivity index is 2.00. The average molecular weight is 379 g/mol. The van der Waals surface area contributed by atoms with Crippen LogP contribution in [0.15, 0.2) is 36.4 Å². The van der Waals surface area contributed by atoms with Crippen molar-refractivity contribution in [2.75, 3.05) is 25.1 Å². The van der Waals surface area contributed by atoms with Crippen molar-refractivity contribution in [1.82, 2.24) is 0 Å². The van der Waals surface area contributed by atoms with E-state index in [9.17, 15) is 18.4 Å². The third kappa shape index (κ3) is 5.40. The number of carbonyl (C=O) groups is 2. The average Bonchev–Trinajstić information content (AvgIpc) is 2.64. The molecule has 2 aromatic carbocycles. The summed E-state index contributed by atoms with van der Waals surface area (Å²) in [7, 11) is 0. The Morgan fingerprint density at radius 3 is 2.22 bits per heavy atom. The second-order valence-electron chi connectivity index (χ2n) is 5.25. The second kappa shape index (κ2) is 9.51. The standard InChI is InChI=1S/C19H19F2NO5/c1-3-25-15-9-8-12(10-16(15)26-4-2)19(24)27-11-17(23)22-18-13(20)6-5-7-14(18)21/h5-10H,3-4,11H2,1-2H3,(H,22,23). The minimum atomic E-state index is -0.928. The van der Waals surface area contributed by atoms with Gasteiger partial charge in [-0.3, -0.25) is 4.79 Å². The van der Waals surface area contributed by atoms with Crippen molar-refractivity contribution in [2.45, 2.75) is 13.8 Å². The van der Waals surface area contributed by atoms with Gasteiger partial charge in [0.15, 0.2) is 18.1 Å². The molecule has 2 rings (SSSR count). The fraction of sp³-hybridized carbons (Fsp3) is 0.263. The van der Waals surface area contributed by atoms with Gasteiger partial charge in [0, 0.05) is 0 Å². The van der Waals surface area contributed by atoms with E-state index in [1.54, 1.807) is 13.0 Å². The van der Waals surface area contributed by atoms with Crippen LogP contribution in [0.3, 0.4) is 0 Å². The van der Waals surface area contributed by atoms with E-state index in [1.807, 2.05) is 12.2 Å². The monoisotopic (exact) mass is 379 g/mol. The molecule has 0 aliphatic heterocycles. The predicted octanol–water partition coefficient (Wildman–Crippen LogP) is 3.56. The molecule has 6 nitrogen and oxygen atoms in total. The summed E-state index contributed by atoms with van der Waals surface area (Å²) in [5, 5.41) is 2.03. The zero-order valence-electron chi connectivity index (χ0n) is 14.9. The first-order chi connectivity index (χ1) is 13.0. The third-order valence-electron chi connectivity index (χ3n) is 3.34. The maximum atomic E-state index is 13.5. The number of rotatable bonds is 8. The number of benzene rings is 2. The second-order valence-corrected chi connectivity index (χ2v) is 5.25. The normalized spacial score (nSPS) is 10.2. The lowest BCUT2D eigenvalue weighted by Crippen LogP contribution is -2.22. The molecular weight excluding hydrogens is 360 g/mol. The van der Waals surface area contributed by atoms with Gasteiger partial charge in [0.25, 0.3) is 5.91 Å². The number of para-hydroxylation sites is 1. The summed E-state index contributed by atoms with van der Waals surface area (Å²) in [5.74, 6) is -2.67. The highest BCUT2D eigenvalue weighted by atomic mass is 19.1. The lowest BCUT2D eigenvalue weighted by Gasteiger charge is -2.12. The topological polar surface area (TPSA) is 73.9 Å². The lowest BCUT2D eigenvalue weighted by molar-refractivity contribution is -0.119. The van der Waals surface area contributed by atoms with Crippen LogP contribution >= 0.6 is 0 Å². The molecule has 0 bridgehead atoms. The van der Waals surface area contributed by atoms with Crippen molar-refractivity contribution in [3.05, 3.63) is 53.6 Å². The highest BCUT2D eigenvalue weighted by molar-refractivity contribution is 5.95. The van der Waals surface area contributed by atoms with E-state index in [-0.39, 0.29) is 5.56 Å². The van der Waals surface area contributed by atoms with E-state index in [1.165, 1.54) is 18.2 Å². The van der Waals surface area contributed by atoms with Crippen LogP contribution < -0.4 is 14.8 Å². The van der Waals surface area contributed by atoms with Gasteiger partial charge in [0.1, 0.15) is 17.3 Å². The van der Waals surface area contributed by atoms with Crippen LogP contribution in [-0.2, 0) is 9.53 Å². The molecule has 1 amide bonds. The van der Waals surface area contributed by atoms with Crippen LogP contribution in [0.5, 0.6) is 11.5 Å². The molecule has 0 unspecified atom stereocenters. The molecule has 0 saturated carbocycles. The number of amides is 1. The third-order valence-corrected chi connectivity index (χ3v) is 3.34. The molecule has 0 aliphatic rings. The summed E-state index contributed by atoms with van der Waals surface area (Å²) in [5.41, 5.74) is -0.454. The van der Waals surface area contributed by atoms with Gasteiger partial charge in [0.2, 0.25) is 0 Å². The number of hydrogen-bond acceptors (Lipinski definition) is 5. The first-order valence-corrected chi connectivity index (χ1v) is 8.26. The number of hydrogen-bond donors (Lipinski definition) is 1. The van der Waals surface area contributed by atoms with Crippen LogP contribution in [0.1, 0.15) is 24.2 Å². The quantitative estimate of drug-likeness (QED) is 0.710. The van der Waals surface area contributed by atoms with Crippen molar-refractivity contribution in [1.29, 1.82) is 0 Å². The van der Waals surface area contributed by atoms with E-state index in [2.05, 4.69) is 0 Å². The molecule has 1 N–H and O–H groups in total. The predicted molar refractivity (Wildman–Crippen MR) is 94.1 cm³/mol. The minimum Gasteiger partial charge on any atom is -0.490 e. The summed E-state index contributed by atoms with van der Waals surface area (Å²) in [6, 6.07) is 7.62. The summed E-state index contributed by atoms with van der Waals surface area (Å²) in [6.45, 7) is 3.69. The van der Waals surface area contributed by atoms with Crippen LogP contribution in [0.4, 0.5) is 14.5 Å². The Kier molecular flexibility index (Phi) is 7.10. The van der Waals surface area contributed by atoms with Crippen LogP contribution in [0.2, 0.25) is 0 Å². The first-order valence-electron chi connectivity index (χ1n) is 8.26. The molecular formula is C19H19F2NO5. The number of anilines is 1. The van der Waals surface area contributed by atoms with E-state index in [0.29, 0.717) is 24.7 Å². The lowest BCUT2D eigenvalue weighted by atomic mass is 10.2. The van der Waals surface area contributed by atoms with Gasteiger partial charge in [0.05, 0.1) is 18.8 Å². The summed E-state index contributed by atoms with van der Waals surface area (Å²) >= 11 is 0. The Labute approximate surface area is 155 Å². The molecule has 8 heteroatoms. The minimum absolute atomic E-state index is 0.145. The fourth-order valence-electron chi connectivity index (χ4n) is 2.19. The maximum absolute atomic E-state index is 13.5. The summed E-state index contributed by atoms with van der Waals surface area (Å²) in [4.78, 5) is 23.9. The van der Waals surface area contributed by atoms with Gasteiger partial charge in [-0.15, -0.1) is 0 Å². The molecule has 0 radical (unpaired) electrons. The first kappa shape index (κ1) is 20.2. The maximum Gasteiger partial charge on any atom is 0.338 e. The van der Waals surface area contributed by atoms with E-state index in [0.717, 1.165) is 12.1 Å². The molecule has 0 aromatic heterocycles. The van der Waals surface area contributed by atoms with E-state index >= 15 is 0 Å². The zero-order valence-corrected chi connectivity index (χ0v) is 14.9. The fourth-order valence-corrected chi connectivity index (χ4v) is 2.19. The Bertz CT molecular complexity index is 805. The Morgan fingerprint density at radius 2 is 1.59 bits per heavy atom. The van der Waals surface area contributed by atoms with Crippen molar-refractivity contribution in [3.8, 4) is 11.5 Å². The largest absolute Gasteiger partial charge is 0.490 e. The van der Waals surface area contributed by atoms with Gasteiger partial charge in [-0.1, -0.05) is 6.07 Å². The summed E-state index contributed by atoms with van der Waals surface area (Å²) < 4.78 is 42.7. The molecule has 0 heterocycles. The SMILES string of the molecule is CCOc1ccc(C(=O)OCC(=O)Nc2c(F)cccc2F)cc1OCC. The zero-order chi connectivity index (χ0) is 19.8. The number of carbonyl (C=O) groups excluding carboxylic acids is 2. The highest BCUT2D eigenvalue weighted by Gasteiger charge is 2.16. The molecule has 0 atom stereocenters. The van der Waals surface area contributed by atoms with Crippen LogP contribution in [0.25, 0.3) is 0 Å². The summed E-state index contributed by atoms with van der Waals surface area (Å²) in [6.07, 6.45) is 0. The molecule has 0 fully saturated rings. The smallest absolute Gasteiger partial charge is 0.338 e. The molecule has 144 valence electrons. The number of halogens is 2. The molecule has 0 aliphatic carbocycles. The Morgan fingerprint density at radius 1 is 0.963 bits per heavy atom. The van der Waals surface area contributed by atoms with Gasteiger partial charge >= 0.3 is 5.97 Å². The van der Waals surface area contributed by atoms with Crippen molar-refractivity contribution >= 4 is 17.6 Å². The molecule has 27 heavy (non-hydrogen) atoms. The van der Waals surface area contributed by atoms with Gasteiger partial charge in [-0.25, -0.2) is 13.6 Å². The van der Waals surface area contributed by atoms with Crippen LogP contribution in [-0.4, -0.2) is 31.7 Å². The van der Waals surface area contributed by atoms with E-state index < -0.39 is 35.8 Å². The van der Waals surface area contributed by atoms with Crippen molar-refractivity contribution < 1.29 is 32.6 Å².